The summed E-state index contributed by atoms with van der Waals surface area (Å²) in [6.07, 6.45) is 4.09. The maximum absolute atomic E-state index is 14.0. The van der Waals surface area contributed by atoms with Gasteiger partial charge in [0.2, 0.25) is 0 Å². The van der Waals surface area contributed by atoms with Crippen LogP contribution in [0.4, 0.5) is 14.9 Å². The van der Waals surface area contributed by atoms with Gasteiger partial charge in [0.25, 0.3) is 0 Å². The molecule has 0 aliphatic carbocycles. The lowest BCUT2D eigenvalue weighted by molar-refractivity contribution is 0.0857. The lowest BCUT2D eigenvalue weighted by Gasteiger charge is -2.42. The molecule has 1 spiro atoms. The zero-order chi connectivity index (χ0) is 20.3. The summed E-state index contributed by atoms with van der Waals surface area (Å²) in [7, 11) is 0. The number of nitrogens with zero attached hydrogens (tertiary/aromatic N) is 3. The Morgan fingerprint density at radius 3 is 2.83 bits per heavy atom. The third-order valence-corrected chi connectivity index (χ3v) is 5.35. The van der Waals surface area contributed by atoms with Gasteiger partial charge in [-0.25, -0.2) is 14.2 Å². The van der Waals surface area contributed by atoms with Crippen molar-refractivity contribution in [3.63, 3.8) is 0 Å². The van der Waals surface area contributed by atoms with Crippen molar-refractivity contribution in [2.24, 2.45) is 10.7 Å². The highest BCUT2D eigenvalue weighted by Crippen LogP contribution is 2.35. The second kappa shape index (κ2) is 8.06. The zero-order valence-electron chi connectivity index (χ0n) is 16.1. The molecule has 3 N–H and O–H groups in total. The Hall–Kier alpha value is -3.16. The largest absolute Gasteiger partial charge is 0.449 e. The number of piperidine rings is 1. The molecule has 1 fully saturated rings. The molecule has 1 saturated heterocycles. The minimum Gasteiger partial charge on any atom is -0.449 e. The zero-order valence-corrected chi connectivity index (χ0v) is 16.1. The molecule has 2 aromatic rings. The van der Waals surface area contributed by atoms with Gasteiger partial charge in [-0.15, -0.1) is 0 Å². The highest BCUT2D eigenvalue weighted by Gasteiger charge is 2.39. The van der Waals surface area contributed by atoms with E-state index in [0.29, 0.717) is 43.8 Å². The van der Waals surface area contributed by atoms with Gasteiger partial charge in [-0.1, -0.05) is 12.1 Å². The topological polar surface area (TPSA) is 92.8 Å². The van der Waals surface area contributed by atoms with E-state index in [-0.39, 0.29) is 11.9 Å². The summed E-state index contributed by atoms with van der Waals surface area (Å²) >= 11 is 0. The van der Waals surface area contributed by atoms with Gasteiger partial charge >= 0.3 is 6.09 Å². The number of pyridine rings is 1. The minimum absolute atomic E-state index is 0.197. The quantitative estimate of drug-likeness (QED) is 0.774. The fourth-order valence-electron chi connectivity index (χ4n) is 3.80. The molecule has 3 heterocycles. The Morgan fingerprint density at radius 1 is 1.24 bits per heavy atom. The summed E-state index contributed by atoms with van der Waals surface area (Å²) in [5.41, 5.74) is 7.37. The normalized spacial score (nSPS) is 17.3. The van der Waals surface area contributed by atoms with Crippen molar-refractivity contribution in [2.45, 2.75) is 31.3 Å². The van der Waals surface area contributed by atoms with Gasteiger partial charge in [-0.3, -0.25) is 4.98 Å². The number of rotatable bonds is 4. The predicted molar refractivity (Wildman–Crippen MR) is 108 cm³/mol. The summed E-state index contributed by atoms with van der Waals surface area (Å²) in [6.45, 7) is 1.34. The lowest BCUT2D eigenvalue weighted by atomic mass is 9.94. The molecule has 1 aromatic carbocycles. The number of nitrogens with one attached hydrogen (secondary N) is 1. The number of carbonyl (C=O) groups is 1. The third kappa shape index (κ3) is 4.16. The standard InChI is InChI=1S/C21H24FN5O2/c22-16-7-3-8-17-18(16)19(23)26-21(25-17)9-12-27(13-10-21)20(28)29-14-4-6-15-5-1-2-11-24-15/h1-3,5,7-8,11,25H,4,6,9-10,12-14H2,(H2,23,26). The number of aryl methyl sites for hydroxylation is 1. The molecule has 0 unspecified atom stereocenters. The Balaban J connectivity index is 1.28. The maximum atomic E-state index is 14.0. The number of benzene rings is 1. The van der Waals surface area contributed by atoms with Gasteiger partial charge < -0.3 is 20.7 Å². The Morgan fingerprint density at radius 2 is 2.07 bits per heavy atom. The summed E-state index contributed by atoms with van der Waals surface area (Å²) < 4.78 is 19.4. The number of ether oxygens (including phenoxy) is 1. The number of carbonyl (C=O) groups excluding carboxylic acids is 1. The van der Waals surface area contributed by atoms with Crippen molar-refractivity contribution in [1.29, 1.82) is 0 Å². The first-order chi connectivity index (χ1) is 14.1. The number of hydrogen-bond donors (Lipinski definition) is 2. The van der Waals surface area contributed by atoms with E-state index < -0.39 is 11.5 Å². The number of amides is 1. The average molecular weight is 397 g/mol. The van der Waals surface area contributed by atoms with Crippen LogP contribution in [0.25, 0.3) is 0 Å². The van der Waals surface area contributed by atoms with Crippen LogP contribution in [0.5, 0.6) is 0 Å². The SMILES string of the molecule is NC1=NC2(CCN(C(=O)OCCCc3ccccn3)CC2)Nc2cccc(F)c21. The molecular formula is C21H24FN5O2. The van der Waals surface area contributed by atoms with Crippen molar-refractivity contribution in [2.75, 3.05) is 25.0 Å². The summed E-state index contributed by atoms with van der Waals surface area (Å²) in [4.78, 5) is 22.8. The monoisotopic (exact) mass is 397 g/mol. The van der Waals surface area contributed by atoms with Crippen LogP contribution >= 0.6 is 0 Å². The molecule has 1 amide bonds. The van der Waals surface area contributed by atoms with Crippen LogP contribution in [-0.2, 0) is 11.2 Å². The fraction of sp³-hybridized carbons (Fsp3) is 0.381. The first-order valence-corrected chi connectivity index (χ1v) is 9.80. The van der Waals surface area contributed by atoms with Crippen LogP contribution in [0, 0.1) is 5.82 Å². The van der Waals surface area contributed by atoms with Gasteiger partial charge in [0.15, 0.2) is 0 Å². The van der Waals surface area contributed by atoms with Crippen molar-refractivity contribution >= 4 is 17.6 Å². The van der Waals surface area contributed by atoms with Crippen LogP contribution in [0.3, 0.4) is 0 Å². The number of aromatic nitrogens is 1. The fourth-order valence-corrected chi connectivity index (χ4v) is 3.80. The number of fused-ring (bicyclic) bond motifs is 1. The van der Waals surface area contributed by atoms with E-state index >= 15 is 0 Å². The second-order valence-electron chi connectivity index (χ2n) is 7.34. The number of halogens is 1. The smallest absolute Gasteiger partial charge is 0.409 e. The molecule has 0 atom stereocenters. The highest BCUT2D eigenvalue weighted by molar-refractivity contribution is 6.04. The van der Waals surface area contributed by atoms with E-state index in [2.05, 4.69) is 15.3 Å². The van der Waals surface area contributed by atoms with Crippen molar-refractivity contribution < 1.29 is 13.9 Å². The van der Waals surface area contributed by atoms with E-state index in [0.717, 1.165) is 18.5 Å². The first-order valence-electron chi connectivity index (χ1n) is 9.80. The van der Waals surface area contributed by atoms with E-state index in [4.69, 9.17) is 10.5 Å². The number of nitrogens with two attached hydrogens (primary N) is 1. The van der Waals surface area contributed by atoms with Gasteiger partial charge in [0.05, 0.1) is 12.2 Å². The first kappa shape index (κ1) is 19.2. The molecule has 7 nitrogen and oxygen atoms in total. The van der Waals surface area contributed by atoms with Crippen LogP contribution in [0.2, 0.25) is 0 Å². The summed E-state index contributed by atoms with van der Waals surface area (Å²) in [5, 5.41) is 3.32. The van der Waals surface area contributed by atoms with Gasteiger partial charge in [-0.05, 0) is 37.1 Å². The molecule has 4 rings (SSSR count). The van der Waals surface area contributed by atoms with Crippen LogP contribution in [0.1, 0.15) is 30.5 Å². The van der Waals surface area contributed by atoms with Crippen LogP contribution in [-0.4, -0.2) is 47.2 Å². The summed E-state index contributed by atoms with van der Waals surface area (Å²) in [5.74, 6) is -0.194. The summed E-state index contributed by atoms with van der Waals surface area (Å²) in [6, 6.07) is 10.6. The van der Waals surface area contributed by atoms with Crippen LogP contribution < -0.4 is 11.1 Å². The Labute approximate surface area is 168 Å². The molecule has 2 aliphatic rings. The van der Waals surface area contributed by atoms with Gasteiger partial charge in [0, 0.05) is 43.5 Å². The molecule has 8 heteroatoms. The molecule has 29 heavy (non-hydrogen) atoms. The predicted octanol–water partition coefficient (Wildman–Crippen LogP) is 2.91. The van der Waals surface area contributed by atoms with E-state index in [9.17, 15) is 9.18 Å². The van der Waals surface area contributed by atoms with E-state index in [1.807, 2.05) is 18.2 Å². The van der Waals surface area contributed by atoms with E-state index in [1.54, 1.807) is 23.2 Å². The molecule has 152 valence electrons. The molecule has 1 aromatic heterocycles. The number of hydrogen-bond acceptors (Lipinski definition) is 6. The second-order valence-corrected chi connectivity index (χ2v) is 7.34. The lowest BCUT2D eigenvalue weighted by Crippen LogP contribution is -2.52. The number of aliphatic imine (C=N–C) groups is 1. The maximum Gasteiger partial charge on any atom is 0.409 e. The molecule has 0 saturated carbocycles. The highest BCUT2D eigenvalue weighted by atomic mass is 19.1. The molecule has 2 aliphatic heterocycles. The van der Waals surface area contributed by atoms with Crippen molar-refractivity contribution in [1.82, 2.24) is 9.88 Å². The van der Waals surface area contributed by atoms with Gasteiger partial charge in [-0.2, -0.15) is 0 Å². The Bertz CT molecular complexity index is 911. The van der Waals surface area contributed by atoms with Crippen molar-refractivity contribution in [3.8, 4) is 0 Å². The van der Waals surface area contributed by atoms with Crippen molar-refractivity contribution in [3.05, 3.63) is 59.7 Å². The molecule has 0 bridgehead atoms. The Kier molecular flexibility index (Phi) is 5.33. The third-order valence-electron chi connectivity index (χ3n) is 5.35. The minimum atomic E-state index is -0.610. The number of likely N-dealkylation sites (tertiary alicyclic amines) is 1. The molecular weight excluding hydrogens is 373 g/mol. The number of anilines is 1. The number of amidine groups is 1. The average Bonchev–Trinajstić information content (AvgIpc) is 2.72. The van der Waals surface area contributed by atoms with Gasteiger partial charge in [0.1, 0.15) is 17.3 Å². The van der Waals surface area contributed by atoms with E-state index in [1.165, 1.54) is 6.07 Å². The van der Waals surface area contributed by atoms with Crippen LogP contribution in [0.15, 0.2) is 47.6 Å². The molecule has 0 radical (unpaired) electrons.